The van der Waals surface area contributed by atoms with E-state index in [4.69, 9.17) is 9.72 Å². The van der Waals surface area contributed by atoms with Crippen molar-refractivity contribution in [1.82, 2.24) is 14.4 Å². The van der Waals surface area contributed by atoms with Gasteiger partial charge in [-0.3, -0.25) is 9.20 Å². The second kappa shape index (κ2) is 5.01. The fraction of sp³-hybridized carbons (Fsp3) is 0.0500. The van der Waals surface area contributed by atoms with Crippen LogP contribution in [0.3, 0.4) is 0 Å². The van der Waals surface area contributed by atoms with Gasteiger partial charge in [0.1, 0.15) is 5.75 Å². The molecule has 120 valence electrons. The molecule has 2 aromatic carbocycles. The lowest BCUT2D eigenvalue weighted by Crippen LogP contribution is -2.08. The summed E-state index contributed by atoms with van der Waals surface area (Å²) in [6.07, 6.45) is 1.63. The van der Waals surface area contributed by atoms with E-state index < -0.39 is 0 Å². The molecule has 0 N–H and O–H groups in total. The smallest absolute Gasteiger partial charge is 0.235 e. The minimum absolute atomic E-state index is 0.0328. The first kappa shape index (κ1) is 13.9. The summed E-state index contributed by atoms with van der Waals surface area (Å²) in [5.41, 5.74) is 3.21. The molecule has 0 aliphatic heterocycles. The maximum Gasteiger partial charge on any atom is 0.235 e. The molecule has 5 rings (SSSR count). The average Bonchev–Trinajstić information content (AvgIpc) is 3.07. The third-order valence-electron chi connectivity index (χ3n) is 4.53. The van der Waals surface area contributed by atoms with Crippen molar-refractivity contribution in [3.05, 3.63) is 71.0 Å². The van der Waals surface area contributed by atoms with E-state index in [0.29, 0.717) is 22.4 Å². The summed E-state index contributed by atoms with van der Waals surface area (Å²) in [7, 11) is 1.62. The monoisotopic (exact) mass is 327 g/mol. The van der Waals surface area contributed by atoms with Crippen LogP contribution in [0.1, 0.15) is 0 Å². The lowest BCUT2D eigenvalue weighted by Gasteiger charge is -2.08. The topological polar surface area (TPSA) is 56.5 Å². The highest BCUT2D eigenvalue weighted by molar-refractivity contribution is 6.06. The van der Waals surface area contributed by atoms with Gasteiger partial charge in [-0.25, -0.2) is 9.97 Å². The van der Waals surface area contributed by atoms with Crippen LogP contribution < -0.4 is 10.2 Å². The molecule has 5 heteroatoms. The van der Waals surface area contributed by atoms with Gasteiger partial charge in [0.05, 0.1) is 23.8 Å². The molecule has 5 nitrogen and oxygen atoms in total. The third kappa shape index (κ3) is 1.86. The van der Waals surface area contributed by atoms with Gasteiger partial charge >= 0.3 is 0 Å². The maximum atomic E-state index is 12.9. The molecule has 0 fully saturated rings. The number of benzene rings is 2. The Hall–Kier alpha value is -3.47. The molecule has 0 aliphatic rings. The van der Waals surface area contributed by atoms with Crippen molar-refractivity contribution in [2.75, 3.05) is 7.11 Å². The first-order chi connectivity index (χ1) is 12.3. The molecule has 3 heterocycles. The molecular formula is C20H13N3O2. The van der Waals surface area contributed by atoms with Gasteiger partial charge in [-0.1, -0.05) is 30.3 Å². The molecular weight excluding hydrogens is 314 g/mol. The summed E-state index contributed by atoms with van der Waals surface area (Å²) in [6.45, 7) is 0. The SMILES string of the molecule is COc1ccc2c(=O)c3ccnc4nc(-c5ccccc5)c(c2c1)n43. The molecule has 0 unspecified atom stereocenters. The Kier molecular flexibility index (Phi) is 2.79. The fourth-order valence-electron chi connectivity index (χ4n) is 3.38. The highest BCUT2D eigenvalue weighted by Gasteiger charge is 2.19. The Morgan fingerprint density at radius 2 is 1.84 bits per heavy atom. The molecule has 0 atom stereocenters. The summed E-state index contributed by atoms with van der Waals surface area (Å²) in [6, 6.07) is 17.2. The van der Waals surface area contributed by atoms with Gasteiger partial charge in [0.25, 0.3) is 0 Å². The van der Waals surface area contributed by atoms with Crippen LogP contribution in [0.2, 0.25) is 0 Å². The Labute approximate surface area is 142 Å². The zero-order valence-electron chi connectivity index (χ0n) is 13.4. The van der Waals surface area contributed by atoms with Gasteiger partial charge in [-0.05, 0) is 24.3 Å². The highest BCUT2D eigenvalue weighted by Crippen LogP contribution is 2.32. The number of rotatable bonds is 2. The number of hydrogen-bond acceptors (Lipinski definition) is 4. The van der Waals surface area contributed by atoms with Crippen molar-refractivity contribution < 1.29 is 4.74 Å². The van der Waals surface area contributed by atoms with Gasteiger partial charge in [0.15, 0.2) is 0 Å². The first-order valence-corrected chi connectivity index (χ1v) is 7.94. The first-order valence-electron chi connectivity index (χ1n) is 7.94. The van der Waals surface area contributed by atoms with Gasteiger partial charge < -0.3 is 4.74 Å². The quantitative estimate of drug-likeness (QED) is 0.466. The number of pyridine rings is 1. The van der Waals surface area contributed by atoms with Crippen molar-refractivity contribution in [3.63, 3.8) is 0 Å². The largest absolute Gasteiger partial charge is 0.497 e. The highest BCUT2D eigenvalue weighted by atomic mass is 16.5. The number of fused-ring (bicyclic) bond motifs is 2. The number of methoxy groups -OCH3 is 1. The molecule has 0 spiro atoms. The summed E-state index contributed by atoms with van der Waals surface area (Å²) >= 11 is 0. The zero-order valence-corrected chi connectivity index (χ0v) is 13.4. The molecule has 3 aromatic heterocycles. The van der Waals surface area contributed by atoms with E-state index in [9.17, 15) is 4.79 Å². The number of hydrogen-bond donors (Lipinski definition) is 0. The average molecular weight is 327 g/mol. The molecule has 0 aliphatic carbocycles. The predicted molar refractivity (Wildman–Crippen MR) is 97.4 cm³/mol. The van der Waals surface area contributed by atoms with Crippen molar-refractivity contribution in [1.29, 1.82) is 0 Å². The van der Waals surface area contributed by atoms with Crippen LogP contribution in [0.25, 0.3) is 38.8 Å². The minimum Gasteiger partial charge on any atom is -0.497 e. The second-order valence-corrected chi connectivity index (χ2v) is 5.88. The van der Waals surface area contributed by atoms with Gasteiger partial charge in [0.2, 0.25) is 11.2 Å². The normalized spacial score (nSPS) is 11.6. The maximum absolute atomic E-state index is 12.9. The Balaban J connectivity index is 2.08. The molecule has 0 amide bonds. The van der Waals surface area contributed by atoms with Crippen molar-refractivity contribution in [2.45, 2.75) is 0 Å². The fourth-order valence-corrected chi connectivity index (χ4v) is 3.38. The van der Waals surface area contributed by atoms with E-state index in [1.165, 1.54) is 0 Å². The zero-order chi connectivity index (χ0) is 17.0. The molecule has 5 aromatic rings. The van der Waals surface area contributed by atoms with E-state index >= 15 is 0 Å². The third-order valence-corrected chi connectivity index (χ3v) is 4.53. The predicted octanol–water partition coefficient (Wildman–Crippen LogP) is 3.51. The standard InChI is InChI=1S/C20H13N3O2/c1-25-13-7-8-14-15(11-13)18-17(12-5-3-2-4-6-12)22-20-21-10-9-16(19(14)24)23(18)20/h2-11H,1H3. The van der Waals surface area contributed by atoms with Gasteiger partial charge in [0, 0.05) is 22.5 Å². The van der Waals surface area contributed by atoms with E-state index in [-0.39, 0.29) is 5.43 Å². The van der Waals surface area contributed by atoms with Crippen LogP contribution >= 0.6 is 0 Å². The van der Waals surface area contributed by atoms with Crippen LogP contribution in [0.5, 0.6) is 5.75 Å². The van der Waals surface area contributed by atoms with E-state index in [1.807, 2.05) is 52.9 Å². The molecule has 25 heavy (non-hydrogen) atoms. The summed E-state index contributed by atoms with van der Waals surface area (Å²) in [5, 5.41) is 1.47. The molecule has 0 radical (unpaired) electrons. The summed E-state index contributed by atoms with van der Waals surface area (Å²) < 4.78 is 7.20. The summed E-state index contributed by atoms with van der Waals surface area (Å²) in [4.78, 5) is 22.0. The Morgan fingerprint density at radius 1 is 1.00 bits per heavy atom. The second-order valence-electron chi connectivity index (χ2n) is 5.88. The van der Waals surface area contributed by atoms with Crippen molar-refractivity contribution >= 4 is 27.6 Å². The van der Waals surface area contributed by atoms with Crippen LogP contribution in [0, 0.1) is 0 Å². The van der Waals surface area contributed by atoms with Crippen molar-refractivity contribution in [3.8, 4) is 17.0 Å². The lowest BCUT2D eigenvalue weighted by molar-refractivity contribution is 0.415. The van der Waals surface area contributed by atoms with Gasteiger partial charge in [-0.2, -0.15) is 0 Å². The Bertz CT molecular complexity index is 1290. The lowest BCUT2D eigenvalue weighted by atomic mass is 10.0. The van der Waals surface area contributed by atoms with Crippen LogP contribution in [-0.2, 0) is 0 Å². The molecule has 0 saturated carbocycles. The number of nitrogens with zero attached hydrogens (tertiary/aromatic N) is 3. The van der Waals surface area contributed by atoms with Crippen LogP contribution in [-0.4, -0.2) is 21.5 Å². The van der Waals surface area contributed by atoms with Crippen LogP contribution in [0.4, 0.5) is 0 Å². The minimum atomic E-state index is -0.0328. The van der Waals surface area contributed by atoms with Crippen molar-refractivity contribution in [2.24, 2.45) is 0 Å². The molecule has 0 saturated heterocycles. The van der Waals surface area contributed by atoms with Crippen LogP contribution in [0.15, 0.2) is 65.6 Å². The Morgan fingerprint density at radius 3 is 2.64 bits per heavy atom. The number of imidazole rings is 1. The van der Waals surface area contributed by atoms with Gasteiger partial charge in [-0.15, -0.1) is 0 Å². The van der Waals surface area contributed by atoms with E-state index in [2.05, 4.69) is 4.98 Å². The summed E-state index contributed by atoms with van der Waals surface area (Å²) in [5.74, 6) is 1.22. The molecule has 0 bridgehead atoms. The number of aromatic nitrogens is 3. The number of ether oxygens (including phenoxy) is 1. The van der Waals surface area contributed by atoms with E-state index in [1.54, 1.807) is 19.4 Å². The van der Waals surface area contributed by atoms with E-state index in [0.717, 1.165) is 22.2 Å².